The topological polar surface area (TPSA) is 107 Å². The molecule has 1 saturated carbocycles. The highest BCUT2D eigenvalue weighted by molar-refractivity contribution is 5.90. The Morgan fingerprint density at radius 3 is 2.62 bits per heavy atom. The zero-order chi connectivity index (χ0) is 19.0. The molecular formula is C20H26O6. The molecule has 4 rings (SSSR count). The first kappa shape index (κ1) is 17.6. The van der Waals surface area contributed by atoms with Crippen LogP contribution in [0.2, 0.25) is 0 Å². The van der Waals surface area contributed by atoms with E-state index in [1.807, 2.05) is 0 Å². The van der Waals surface area contributed by atoms with Crippen molar-refractivity contribution in [2.75, 3.05) is 6.61 Å². The van der Waals surface area contributed by atoms with Crippen LogP contribution in [0.1, 0.15) is 68.7 Å². The second-order valence-corrected chi connectivity index (χ2v) is 8.82. The minimum absolute atomic E-state index is 0.207. The van der Waals surface area contributed by atoms with Crippen LogP contribution < -0.4 is 0 Å². The number of carbonyl (C=O) groups is 1. The predicted molar refractivity (Wildman–Crippen MR) is 92.9 cm³/mol. The van der Waals surface area contributed by atoms with Crippen LogP contribution in [0.25, 0.3) is 0 Å². The monoisotopic (exact) mass is 362 g/mol. The molecule has 26 heavy (non-hydrogen) atoms. The van der Waals surface area contributed by atoms with E-state index in [2.05, 4.69) is 13.8 Å². The second kappa shape index (κ2) is 5.36. The maximum absolute atomic E-state index is 13.0. The molecule has 0 aromatic heterocycles. The Bertz CT molecular complexity index is 785. The van der Waals surface area contributed by atoms with Crippen molar-refractivity contribution in [3.05, 3.63) is 22.8 Å². The van der Waals surface area contributed by atoms with E-state index < -0.39 is 29.5 Å². The highest BCUT2D eigenvalue weighted by Gasteiger charge is 2.70. The summed E-state index contributed by atoms with van der Waals surface area (Å²) in [5.74, 6) is -1.78. The molecular weight excluding hydrogens is 336 g/mol. The zero-order valence-corrected chi connectivity index (χ0v) is 15.3. The van der Waals surface area contributed by atoms with Gasteiger partial charge in [-0.1, -0.05) is 27.2 Å². The molecule has 1 aliphatic heterocycles. The van der Waals surface area contributed by atoms with Gasteiger partial charge in [-0.05, 0) is 29.9 Å². The molecule has 1 aromatic rings. The molecule has 0 radical (unpaired) electrons. The quantitative estimate of drug-likeness (QED) is 0.475. The highest BCUT2D eigenvalue weighted by Crippen LogP contribution is 2.66. The van der Waals surface area contributed by atoms with E-state index in [0.717, 1.165) is 12.8 Å². The van der Waals surface area contributed by atoms with Crippen molar-refractivity contribution in [3.8, 4) is 11.5 Å². The molecule has 2 fully saturated rings. The van der Waals surface area contributed by atoms with Crippen molar-refractivity contribution in [2.24, 2.45) is 11.3 Å². The summed E-state index contributed by atoms with van der Waals surface area (Å²) in [6.07, 6.45) is 0.504. The Balaban J connectivity index is 2.03. The SMILES string of the molecule is CC(CO)c1cc2c(c(O)c1O)C13CCCC(C)(C)C1C(OC3=O)C2O. The molecule has 0 amide bonds. The van der Waals surface area contributed by atoms with E-state index in [4.69, 9.17) is 4.74 Å². The minimum Gasteiger partial charge on any atom is -0.504 e. The first-order valence-corrected chi connectivity index (χ1v) is 9.26. The standard InChI is InChI=1S/C20H26O6/c1-9(8-21)10-7-11-12(15(24)13(10)22)20-6-4-5-19(2,3)17(20)16(14(11)23)26-18(20)25/h7,9,14,16-17,21-24H,4-6,8H2,1-3H3. The van der Waals surface area contributed by atoms with Gasteiger partial charge in [0, 0.05) is 29.6 Å². The Hall–Kier alpha value is -1.79. The average Bonchev–Trinajstić information content (AvgIpc) is 2.86. The van der Waals surface area contributed by atoms with E-state index in [-0.39, 0.29) is 29.4 Å². The molecule has 1 saturated heterocycles. The van der Waals surface area contributed by atoms with Crippen LogP contribution >= 0.6 is 0 Å². The van der Waals surface area contributed by atoms with Crippen LogP contribution in [0, 0.1) is 11.3 Å². The first-order valence-electron chi connectivity index (χ1n) is 9.26. The van der Waals surface area contributed by atoms with Gasteiger partial charge in [0.2, 0.25) is 0 Å². The lowest BCUT2D eigenvalue weighted by Gasteiger charge is -2.51. The molecule has 4 N–H and O–H groups in total. The van der Waals surface area contributed by atoms with Crippen molar-refractivity contribution in [3.63, 3.8) is 0 Å². The Morgan fingerprint density at radius 1 is 1.27 bits per heavy atom. The largest absolute Gasteiger partial charge is 0.504 e. The molecule has 1 heterocycles. The third-order valence-corrected chi connectivity index (χ3v) is 6.92. The van der Waals surface area contributed by atoms with Gasteiger partial charge in [0.05, 0.1) is 0 Å². The number of esters is 1. The summed E-state index contributed by atoms with van der Waals surface area (Å²) < 4.78 is 5.64. The zero-order valence-electron chi connectivity index (χ0n) is 15.3. The third-order valence-electron chi connectivity index (χ3n) is 6.92. The second-order valence-electron chi connectivity index (χ2n) is 8.82. The van der Waals surface area contributed by atoms with E-state index in [1.54, 1.807) is 13.0 Å². The van der Waals surface area contributed by atoms with Gasteiger partial charge in [-0.15, -0.1) is 0 Å². The third kappa shape index (κ3) is 1.92. The summed E-state index contributed by atoms with van der Waals surface area (Å²) in [6.45, 7) is 5.65. The van der Waals surface area contributed by atoms with Crippen LogP contribution in [-0.2, 0) is 14.9 Å². The molecule has 5 unspecified atom stereocenters. The number of hydrogen-bond acceptors (Lipinski definition) is 6. The molecule has 6 nitrogen and oxygen atoms in total. The maximum Gasteiger partial charge on any atom is 0.317 e. The maximum atomic E-state index is 13.0. The molecule has 0 spiro atoms. The Labute approximate surface area is 152 Å². The van der Waals surface area contributed by atoms with Gasteiger partial charge < -0.3 is 25.2 Å². The number of fused-ring (bicyclic) bond motifs is 1. The summed E-state index contributed by atoms with van der Waals surface area (Å²) in [4.78, 5) is 13.0. The normalized spacial score (nSPS) is 35.4. The van der Waals surface area contributed by atoms with E-state index >= 15 is 0 Å². The highest BCUT2D eigenvalue weighted by atomic mass is 16.6. The number of ether oxygens (including phenoxy) is 1. The smallest absolute Gasteiger partial charge is 0.317 e. The van der Waals surface area contributed by atoms with Crippen molar-refractivity contribution >= 4 is 5.97 Å². The predicted octanol–water partition coefficient (Wildman–Crippen LogP) is 2.23. The summed E-state index contributed by atoms with van der Waals surface area (Å²) in [5.41, 5.74) is -0.177. The van der Waals surface area contributed by atoms with Crippen molar-refractivity contribution in [1.82, 2.24) is 0 Å². The number of aliphatic hydroxyl groups is 2. The fourth-order valence-corrected chi connectivity index (χ4v) is 5.73. The molecule has 6 heteroatoms. The van der Waals surface area contributed by atoms with Crippen LogP contribution in [0.15, 0.2) is 6.07 Å². The fourth-order valence-electron chi connectivity index (χ4n) is 5.73. The van der Waals surface area contributed by atoms with Gasteiger partial charge in [-0.2, -0.15) is 0 Å². The van der Waals surface area contributed by atoms with Crippen molar-refractivity contribution < 1.29 is 30.0 Å². The lowest BCUT2D eigenvalue weighted by molar-refractivity contribution is -0.148. The molecule has 5 atom stereocenters. The van der Waals surface area contributed by atoms with Gasteiger partial charge in [0.1, 0.15) is 17.6 Å². The lowest BCUT2D eigenvalue weighted by atomic mass is 9.49. The number of phenolic OH excluding ortho intramolecular Hbond substituents is 2. The number of aromatic hydroxyl groups is 2. The number of carbonyl (C=O) groups excluding carboxylic acids is 1. The number of hydrogen-bond donors (Lipinski definition) is 4. The molecule has 1 aromatic carbocycles. The molecule has 142 valence electrons. The van der Waals surface area contributed by atoms with E-state index in [1.165, 1.54) is 0 Å². The van der Waals surface area contributed by atoms with Gasteiger partial charge in [-0.3, -0.25) is 4.79 Å². The van der Waals surface area contributed by atoms with Gasteiger partial charge in [0.25, 0.3) is 0 Å². The summed E-state index contributed by atoms with van der Waals surface area (Å²) in [5, 5.41) is 41.9. The van der Waals surface area contributed by atoms with Gasteiger partial charge >= 0.3 is 5.97 Å². The van der Waals surface area contributed by atoms with Gasteiger partial charge in [-0.25, -0.2) is 0 Å². The summed E-state index contributed by atoms with van der Waals surface area (Å²) >= 11 is 0. The summed E-state index contributed by atoms with van der Waals surface area (Å²) in [6, 6.07) is 1.62. The van der Waals surface area contributed by atoms with Crippen molar-refractivity contribution in [1.29, 1.82) is 0 Å². The number of benzene rings is 1. The molecule has 2 bridgehead atoms. The fraction of sp³-hybridized carbons (Fsp3) is 0.650. The van der Waals surface area contributed by atoms with Gasteiger partial charge in [0.15, 0.2) is 11.5 Å². The van der Waals surface area contributed by atoms with Crippen LogP contribution in [0.5, 0.6) is 11.5 Å². The molecule has 3 aliphatic rings. The van der Waals surface area contributed by atoms with Crippen molar-refractivity contribution in [2.45, 2.75) is 63.6 Å². The number of aliphatic hydroxyl groups excluding tert-OH is 2. The van der Waals surface area contributed by atoms with E-state index in [0.29, 0.717) is 23.1 Å². The Morgan fingerprint density at radius 2 is 1.96 bits per heavy atom. The lowest BCUT2D eigenvalue weighted by Crippen LogP contribution is -2.54. The van der Waals surface area contributed by atoms with E-state index in [9.17, 15) is 25.2 Å². The first-order chi connectivity index (χ1) is 12.2. The Kier molecular flexibility index (Phi) is 3.63. The van der Waals surface area contributed by atoms with Crippen LogP contribution in [0.3, 0.4) is 0 Å². The number of phenols is 2. The average molecular weight is 362 g/mol. The molecule has 2 aliphatic carbocycles. The minimum atomic E-state index is -1.07. The van der Waals surface area contributed by atoms with Crippen LogP contribution in [-0.4, -0.2) is 39.1 Å². The summed E-state index contributed by atoms with van der Waals surface area (Å²) in [7, 11) is 0. The number of rotatable bonds is 2. The van der Waals surface area contributed by atoms with Crippen LogP contribution in [0.4, 0.5) is 0 Å².